The van der Waals surface area contributed by atoms with Crippen LogP contribution in [0.5, 0.6) is 0 Å². The molecule has 1 aromatic carbocycles. The molecule has 0 spiro atoms. The fourth-order valence-electron chi connectivity index (χ4n) is 3.07. The molecule has 1 fully saturated rings. The van der Waals surface area contributed by atoms with Crippen LogP contribution in [-0.2, 0) is 0 Å². The van der Waals surface area contributed by atoms with Crippen LogP contribution in [0.2, 0.25) is 0 Å². The van der Waals surface area contributed by atoms with Gasteiger partial charge < -0.3 is 9.80 Å². The first-order valence-electron chi connectivity index (χ1n) is 7.70. The number of aromatic nitrogens is 2. The van der Waals surface area contributed by atoms with Crippen LogP contribution >= 0.6 is 0 Å². The van der Waals surface area contributed by atoms with E-state index in [4.69, 9.17) is 0 Å². The number of amides is 1. The lowest BCUT2D eigenvalue weighted by Crippen LogP contribution is -2.54. The van der Waals surface area contributed by atoms with Crippen LogP contribution in [-0.4, -0.2) is 46.7 Å². The lowest BCUT2D eigenvalue weighted by molar-refractivity contribution is 0.0668. The van der Waals surface area contributed by atoms with Crippen LogP contribution in [0.15, 0.2) is 30.3 Å². The summed E-state index contributed by atoms with van der Waals surface area (Å²) in [6, 6.07) is 10.4. The molecule has 2 heterocycles. The maximum absolute atomic E-state index is 12.6. The van der Waals surface area contributed by atoms with Crippen LogP contribution in [0.4, 0.5) is 5.69 Å². The highest BCUT2D eigenvalue weighted by Crippen LogP contribution is 2.23. The number of hydrogen-bond acceptors (Lipinski definition) is 3. The molecule has 1 amide bonds. The van der Waals surface area contributed by atoms with Crippen LogP contribution in [0.1, 0.15) is 28.7 Å². The van der Waals surface area contributed by atoms with Crippen molar-refractivity contribution in [3.05, 3.63) is 47.3 Å². The normalized spacial score (nSPS) is 18.6. The molecular formula is C17H22N4O. The smallest absolute Gasteiger partial charge is 0.274 e. The number of nitrogens with one attached hydrogen (secondary N) is 1. The second kappa shape index (κ2) is 5.83. The number of para-hydroxylation sites is 1. The molecule has 3 rings (SSSR count). The zero-order valence-electron chi connectivity index (χ0n) is 13.3. The van der Waals surface area contributed by atoms with Crippen molar-refractivity contribution in [3.8, 4) is 0 Å². The number of rotatable bonds is 2. The summed E-state index contributed by atoms with van der Waals surface area (Å²) in [6.45, 7) is 8.56. The Morgan fingerprint density at radius 2 is 2.05 bits per heavy atom. The van der Waals surface area contributed by atoms with Gasteiger partial charge in [-0.3, -0.25) is 9.89 Å². The van der Waals surface area contributed by atoms with Gasteiger partial charge in [0.15, 0.2) is 0 Å². The molecule has 1 aliphatic heterocycles. The van der Waals surface area contributed by atoms with Gasteiger partial charge in [0.05, 0.1) is 0 Å². The third-order valence-corrected chi connectivity index (χ3v) is 4.27. The largest absolute Gasteiger partial charge is 0.367 e. The Morgan fingerprint density at radius 3 is 2.68 bits per heavy atom. The molecular weight excluding hydrogens is 276 g/mol. The van der Waals surface area contributed by atoms with Gasteiger partial charge in [0, 0.05) is 37.1 Å². The Bertz CT molecular complexity index is 679. The van der Waals surface area contributed by atoms with Gasteiger partial charge in [-0.15, -0.1) is 0 Å². The maximum atomic E-state index is 12.6. The quantitative estimate of drug-likeness (QED) is 0.926. The standard InChI is InChI=1S/C17H22N4O/c1-12-6-4-5-7-16(12)20-8-9-21(14(3)11-20)17(22)15-10-13(2)18-19-15/h4-7,10,14H,8-9,11H2,1-3H3,(H,18,19). The summed E-state index contributed by atoms with van der Waals surface area (Å²) in [4.78, 5) is 16.8. The summed E-state index contributed by atoms with van der Waals surface area (Å²) in [5.74, 6) is 0.0151. The van der Waals surface area contributed by atoms with Crippen molar-refractivity contribution in [2.24, 2.45) is 0 Å². The number of anilines is 1. The number of aromatic amines is 1. The predicted molar refractivity (Wildman–Crippen MR) is 87.2 cm³/mol. The third kappa shape index (κ3) is 2.71. The van der Waals surface area contributed by atoms with Crippen molar-refractivity contribution in [2.75, 3.05) is 24.5 Å². The van der Waals surface area contributed by atoms with E-state index in [1.165, 1.54) is 11.3 Å². The van der Waals surface area contributed by atoms with E-state index in [0.29, 0.717) is 5.69 Å². The van der Waals surface area contributed by atoms with E-state index in [1.807, 2.05) is 17.9 Å². The van der Waals surface area contributed by atoms with Gasteiger partial charge >= 0.3 is 0 Å². The third-order valence-electron chi connectivity index (χ3n) is 4.27. The second-order valence-corrected chi connectivity index (χ2v) is 6.02. The van der Waals surface area contributed by atoms with Crippen LogP contribution in [0, 0.1) is 13.8 Å². The first-order chi connectivity index (χ1) is 10.6. The number of H-pyrrole nitrogens is 1. The number of aryl methyl sites for hydroxylation is 2. The molecule has 5 heteroatoms. The van der Waals surface area contributed by atoms with Gasteiger partial charge in [0.2, 0.25) is 0 Å². The molecule has 0 saturated carbocycles. The Hall–Kier alpha value is -2.30. The summed E-state index contributed by atoms with van der Waals surface area (Å²) >= 11 is 0. The molecule has 1 atom stereocenters. The number of carbonyl (C=O) groups excluding carboxylic acids is 1. The molecule has 2 aromatic rings. The highest BCUT2D eigenvalue weighted by atomic mass is 16.2. The van der Waals surface area contributed by atoms with Crippen molar-refractivity contribution in [1.82, 2.24) is 15.1 Å². The topological polar surface area (TPSA) is 52.2 Å². The van der Waals surface area contributed by atoms with Crippen LogP contribution in [0.25, 0.3) is 0 Å². The number of piperazine rings is 1. The lowest BCUT2D eigenvalue weighted by Gasteiger charge is -2.41. The number of carbonyl (C=O) groups is 1. The Morgan fingerprint density at radius 1 is 1.27 bits per heavy atom. The lowest BCUT2D eigenvalue weighted by atomic mass is 10.1. The average Bonchev–Trinajstić information content (AvgIpc) is 2.93. The first-order valence-corrected chi connectivity index (χ1v) is 7.70. The molecule has 1 unspecified atom stereocenters. The maximum Gasteiger partial charge on any atom is 0.274 e. The fourth-order valence-corrected chi connectivity index (χ4v) is 3.07. The van der Waals surface area contributed by atoms with E-state index in [1.54, 1.807) is 0 Å². The van der Waals surface area contributed by atoms with E-state index < -0.39 is 0 Å². The highest BCUT2D eigenvalue weighted by Gasteiger charge is 2.29. The highest BCUT2D eigenvalue weighted by molar-refractivity contribution is 5.92. The summed E-state index contributed by atoms with van der Waals surface area (Å²) in [5.41, 5.74) is 3.96. The van der Waals surface area contributed by atoms with Gasteiger partial charge in [-0.05, 0) is 38.5 Å². The molecule has 22 heavy (non-hydrogen) atoms. The Balaban J connectivity index is 1.73. The number of benzene rings is 1. The number of nitrogens with zero attached hydrogens (tertiary/aromatic N) is 3. The number of hydrogen-bond donors (Lipinski definition) is 1. The summed E-state index contributed by atoms with van der Waals surface area (Å²) < 4.78 is 0. The molecule has 0 aliphatic carbocycles. The summed E-state index contributed by atoms with van der Waals surface area (Å²) in [6.07, 6.45) is 0. The zero-order chi connectivity index (χ0) is 15.7. The minimum absolute atomic E-state index is 0.0151. The van der Waals surface area contributed by atoms with Crippen molar-refractivity contribution < 1.29 is 4.79 Å². The molecule has 1 N–H and O–H groups in total. The van der Waals surface area contributed by atoms with E-state index in [-0.39, 0.29) is 11.9 Å². The van der Waals surface area contributed by atoms with Gasteiger partial charge in [0.25, 0.3) is 5.91 Å². The molecule has 1 aromatic heterocycles. The van der Waals surface area contributed by atoms with Crippen molar-refractivity contribution in [1.29, 1.82) is 0 Å². The monoisotopic (exact) mass is 298 g/mol. The van der Waals surface area contributed by atoms with E-state index >= 15 is 0 Å². The summed E-state index contributed by atoms with van der Waals surface area (Å²) in [7, 11) is 0. The molecule has 5 nitrogen and oxygen atoms in total. The molecule has 1 saturated heterocycles. The zero-order valence-corrected chi connectivity index (χ0v) is 13.3. The van der Waals surface area contributed by atoms with Crippen molar-refractivity contribution in [3.63, 3.8) is 0 Å². The molecule has 0 radical (unpaired) electrons. The molecule has 1 aliphatic rings. The molecule has 0 bridgehead atoms. The van der Waals surface area contributed by atoms with Crippen LogP contribution in [0.3, 0.4) is 0 Å². The van der Waals surface area contributed by atoms with E-state index in [9.17, 15) is 4.79 Å². The van der Waals surface area contributed by atoms with Crippen LogP contribution < -0.4 is 4.90 Å². The first kappa shape index (κ1) is 14.6. The predicted octanol–water partition coefficient (Wildman–Crippen LogP) is 2.38. The molecule has 116 valence electrons. The minimum atomic E-state index is 0.0151. The van der Waals surface area contributed by atoms with Crippen molar-refractivity contribution in [2.45, 2.75) is 26.8 Å². The van der Waals surface area contributed by atoms with Gasteiger partial charge in [-0.25, -0.2) is 0 Å². The van der Waals surface area contributed by atoms with Gasteiger partial charge in [0.1, 0.15) is 5.69 Å². The van der Waals surface area contributed by atoms with E-state index in [0.717, 1.165) is 25.3 Å². The summed E-state index contributed by atoms with van der Waals surface area (Å²) in [5, 5.41) is 6.92. The SMILES string of the molecule is Cc1cc(C(=O)N2CCN(c3ccccc3C)CC2C)n[nH]1. The van der Waals surface area contributed by atoms with E-state index in [2.05, 4.69) is 53.2 Å². The second-order valence-electron chi connectivity index (χ2n) is 6.02. The average molecular weight is 298 g/mol. The Labute approximate surface area is 130 Å². The van der Waals surface area contributed by atoms with Crippen molar-refractivity contribution >= 4 is 11.6 Å². The minimum Gasteiger partial charge on any atom is -0.367 e. The fraction of sp³-hybridized carbons (Fsp3) is 0.412. The Kier molecular flexibility index (Phi) is 3.88. The van der Waals surface area contributed by atoms with Gasteiger partial charge in [-0.2, -0.15) is 5.10 Å². The van der Waals surface area contributed by atoms with Gasteiger partial charge in [-0.1, -0.05) is 18.2 Å².